The first-order chi connectivity index (χ1) is 12.5. The van der Waals surface area contributed by atoms with E-state index in [2.05, 4.69) is 5.92 Å². The normalized spacial score (nSPS) is 12.8. The maximum absolute atomic E-state index is 12.9. The molecular weight excluding hydrogens is 350 g/mol. The Hall–Kier alpha value is -2.59. The maximum Gasteiger partial charge on any atom is 0.268 e. The van der Waals surface area contributed by atoms with E-state index < -0.39 is 16.1 Å². The van der Waals surface area contributed by atoms with Gasteiger partial charge >= 0.3 is 0 Å². The van der Waals surface area contributed by atoms with Crippen LogP contribution in [0.25, 0.3) is 10.9 Å². The number of aliphatic hydroxyl groups excluding tert-OH is 1. The predicted molar refractivity (Wildman–Crippen MR) is 100 cm³/mol. The highest BCUT2D eigenvalue weighted by Crippen LogP contribution is 2.26. The summed E-state index contributed by atoms with van der Waals surface area (Å²) in [5.74, 6) is 2.53. The Labute approximate surface area is 152 Å². The molecule has 1 aromatic heterocycles. The van der Waals surface area contributed by atoms with Crippen LogP contribution in [-0.4, -0.2) is 30.7 Å². The molecule has 134 valence electrons. The molecule has 0 saturated carbocycles. The van der Waals surface area contributed by atoms with Gasteiger partial charge < -0.3 is 9.84 Å². The predicted octanol–water partition coefficient (Wildman–Crippen LogP) is 2.87. The lowest BCUT2D eigenvalue weighted by Crippen LogP contribution is -2.12. The average Bonchev–Trinajstić information content (AvgIpc) is 3.07. The van der Waals surface area contributed by atoms with Gasteiger partial charge in [-0.2, -0.15) is 0 Å². The second-order valence-corrected chi connectivity index (χ2v) is 7.70. The van der Waals surface area contributed by atoms with Crippen LogP contribution in [0, 0.1) is 19.3 Å². The summed E-state index contributed by atoms with van der Waals surface area (Å²) in [6.07, 6.45) is 6.43. The number of fused-ring (bicyclic) bond motifs is 1. The smallest absolute Gasteiger partial charge is 0.268 e. The summed E-state index contributed by atoms with van der Waals surface area (Å²) >= 11 is 0. The lowest BCUT2D eigenvalue weighted by atomic mass is 10.1. The Bertz CT molecular complexity index is 1060. The third-order valence-electron chi connectivity index (χ3n) is 4.09. The van der Waals surface area contributed by atoms with Crippen molar-refractivity contribution in [3.05, 3.63) is 65.9 Å². The SMILES string of the molecule is C#CC(OCCO)c1ccc2c(ccn2S(=O)(=O)c2ccc(C)cc2)c1. The van der Waals surface area contributed by atoms with Crippen LogP contribution in [0.15, 0.2) is 59.6 Å². The van der Waals surface area contributed by atoms with Gasteiger partial charge in [-0.15, -0.1) is 6.42 Å². The van der Waals surface area contributed by atoms with Gasteiger partial charge in [0.05, 0.1) is 23.6 Å². The second-order valence-electron chi connectivity index (χ2n) is 5.89. The lowest BCUT2D eigenvalue weighted by Gasteiger charge is -2.12. The summed E-state index contributed by atoms with van der Waals surface area (Å²) in [7, 11) is -3.68. The standard InChI is InChI=1S/C20H19NO4S/c1-3-20(25-13-12-22)17-6-9-19-16(14-17)10-11-21(19)26(23,24)18-7-4-15(2)5-8-18/h1,4-11,14,20,22H,12-13H2,2H3. The molecular formula is C20H19NO4S. The van der Waals surface area contributed by atoms with Crippen LogP contribution in [0.1, 0.15) is 17.2 Å². The van der Waals surface area contributed by atoms with Gasteiger partial charge in [-0.25, -0.2) is 12.4 Å². The zero-order chi connectivity index (χ0) is 18.7. The largest absolute Gasteiger partial charge is 0.394 e. The fourth-order valence-electron chi connectivity index (χ4n) is 2.74. The van der Waals surface area contributed by atoms with E-state index in [0.29, 0.717) is 5.52 Å². The van der Waals surface area contributed by atoms with Crippen LogP contribution in [0.4, 0.5) is 0 Å². The number of aliphatic hydroxyl groups is 1. The van der Waals surface area contributed by atoms with Crippen molar-refractivity contribution in [2.45, 2.75) is 17.9 Å². The van der Waals surface area contributed by atoms with E-state index in [1.165, 1.54) is 10.2 Å². The van der Waals surface area contributed by atoms with Crippen LogP contribution >= 0.6 is 0 Å². The van der Waals surface area contributed by atoms with Gasteiger partial charge in [0.1, 0.15) is 6.10 Å². The second kappa shape index (κ2) is 7.34. The number of benzene rings is 2. The van der Waals surface area contributed by atoms with E-state index in [4.69, 9.17) is 16.3 Å². The molecule has 1 atom stereocenters. The van der Waals surface area contributed by atoms with Crippen molar-refractivity contribution in [3.8, 4) is 12.3 Å². The summed E-state index contributed by atoms with van der Waals surface area (Å²) in [6.45, 7) is 1.92. The van der Waals surface area contributed by atoms with E-state index in [1.54, 1.807) is 48.5 Å². The third kappa shape index (κ3) is 3.37. The Balaban J connectivity index is 2.02. The first-order valence-corrected chi connectivity index (χ1v) is 9.53. The molecule has 2 aromatic carbocycles. The molecule has 0 radical (unpaired) electrons. The van der Waals surface area contributed by atoms with Gasteiger partial charge in [-0.3, -0.25) is 0 Å². The van der Waals surface area contributed by atoms with Gasteiger partial charge in [0, 0.05) is 11.6 Å². The number of hydrogen-bond donors (Lipinski definition) is 1. The maximum atomic E-state index is 12.9. The van der Waals surface area contributed by atoms with Crippen LogP contribution in [0.2, 0.25) is 0 Å². The van der Waals surface area contributed by atoms with Gasteiger partial charge in [0.15, 0.2) is 0 Å². The van der Waals surface area contributed by atoms with Crippen LogP contribution in [0.3, 0.4) is 0 Å². The van der Waals surface area contributed by atoms with Crippen molar-refractivity contribution in [2.24, 2.45) is 0 Å². The number of hydrogen-bond acceptors (Lipinski definition) is 4. The minimum absolute atomic E-state index is 0.119. The van der Waals surface area contributed by atoms with Crippen molar-refractivity contribution in [1.29, 1.82) is 0 Å². The van der Waals surface area contributed by atoms with E-state index >= 15 is 0 Å². The molecule has 0 aliphatic heterocycles. The Kier molecular flexibility index (Phi) is 5.14. The fourth-order valence-corrected chi connectivity index (χ4v) is 4.10. The molecule has 0 spiro atoms. The first-order valence-electron chi connectivity index (χ1n) is 8.09. The number of aryl methyl sites for hydroxylation is 1. The van der Waals surface area contributed by atoms with E-state index in [-0.39, 0.29) is 18.1 Å². The number of nitrogens with zero attached hydrogens (tertiary/aromatic N) is 1. The van der Waals surface area contributed by atoms with E-state index in [1.807, 2.05) is 6.92 Å². The minimum atomic E-state index is -3.68. The highest BCUT2D eigenvalue weighted by molar-refractivity contribution is 7.90. The molecule has 5 nitrogen and oxygen atoms in total. The highest BCUT2D eigenvalue weighted by Gasteiger charge is 2.19. The molecule has 3 rings (SSSR count). The molecule has 0 bridgehead atoms. The summed E-state index contributed by atoms with van der Waals surface area (Å²) in [5, 5.41) is 9.63. The first kappa shape index (κ1) is 18.2. The lowest BCUT2D eigenvalue weighted by molar-refractivity contribution is 0.0593. The number of ether oxygens (including phenoxy) is 1. The monoisotopic (exact) mass is 369 g/mol. The summed E-state index contributed by atoms with van der Waals surface area (Å²) in [5.41, 5.74) is 2.29. The molecule has 26 heavy (non-hydrogen) atoms. The van der Waals surface area contributed by atoms with Gasteiger partial charge in [-0.05, 0) is 42.8 Å². The molecule has 3 aromatic rings. The molecule has 1 N–H and O–H groups in total. The van der Waals surface area contributed by atoms with Gasteiger partial charge in [0.25, 0.3) is 10.0 Å². The molecule has 0 amide bonds. The Morgan fingerprint density at radius 1 is 1.19 bits per heavy atom. The molecule has 1 unspecified atom stereocenters. The van der Waals surface area contributed by atoms with E-state index in [9.17, 15) is 8.42 Å². The zero-order valence-corrected chi connectivity index (χ0v) is 15.1. The van der Waals surface area contributed by atoms with Crippen molar-refractivity contribution in [3.63, 3.8) is 0 Å². The average molecular weight is 369 g/mol. The Morgan fingerprint density at radius 2 is 1.92 bits per heavy atom. The van der Waals surface area contributed by atoms with Crippen molar-refractivity contribution >= 4 is 20.9 Å². The zero-order valence-electron chi connectivity index (χ0n) is 14.3. The molecule has 0 aliphatic carbocycles. The number of terminal acetylenes is 1. The Morgan fingerprint density at radius 3 is 2.58 bits per heavy atom. The summed E-state index contributed by atoms with van der Waals surface area (Å²) in [4.78, 5) is 0.234. The molecule has 0 fully saturated rings. The third-order valence-corrected chi connectivity index (χ3v) is 5.79. The molecule has 6 heteroatoms. The summed E-state index contributed by atoms with van der Waals surface area (Å²) < 4.78 is 32.5. The van der Waals surface area contributed by atoms with Crippen LogP contribution < -0.4 is 0 Å². The van der Waals surface area contributed by atoms with Crippen LogP contribution in [-0.2, 0) is 14.8 Å². The summed E-state index contributed by atoms with van der Waals surface area (Å²) in [6, 6.07) is 13.7. The molecule has 0 aliphatic rings. The van der Waals surface area contributed by atoms with E-state index in [0.717, 1.165) is 16.5 Å². The fraction of sp³-hybridized carbons (Fsp3) is 0.200. The molecule has 1 heterocycles. The van der Waals surface area contributed by atoms with Gasteiger partial charge in [-0.1, -0.05) is 29.7 Å². The van der Waals surface area contributed by atoms with Crippen LogP contribution in [0.5, 0.6) is 0 Å². The van der Waals surface area contributed by atoms with Crippen molar-refractivity contribution < 1.29 is 18.3 Å². The minimum Gasteiger partial charge on any atom is -0.394 e. The highest BCUT2D eigenvalue weighted by atomic mass is 32.2. The van der Waals surface area contributed by atoms with Crippen molar-refractivity contribution in [2.75, 3.05) is 13.2 Å². The quantitative estimate of drug-likeness (QED) is 0.679. The van der Waals surface area contributed by atoms with Crippen molar-refractivity contribution in [1.82, 2.24) is 3.97 Å². The number of aromatic nitrogens is 1. The number of rotatable bonds is 6. The van der Waals surface area contributed by atoms with Gasteiger partial charge in [0.2, 0.25) is 0 Å². The topological polar surface area (TPSA) is 68.5 Å². The molecule has 0 saturated heterocycles.